The molecule has 2 aromatic rings. The highest BCUT2D eigenvalue weighted by Crippen LogP contribution is 2.28. The molecule has 26 heavy (non-hydrogen) atoms. The number of hydrogen-bond donors (Lipinski definition) is 1. The van der Waals surface area contributed by atoms with E-state index in [0.29, 0.717) is 5.69 Å². The van der Waals surface area contributed by atoms with Crippen LogP contribution in [0.2, 0.25) is 0 Å². The maximum atomic E-state index is 13.1. The van der Waals surface area contributed by atoms with Crippen LogP contribution in [0.1, 0.15) is 46.6 Å². The standard InChI is InChI=1S/C20H26N4O.ClH/c1-15-7-9-16(10-8-15)24-18-6-3-2-5-17(18)19(22-24)20(25)23-13-4-11-21-12-14-23;/h7-10,21H,2-6,11-14H2,1H3;1H. The van der Waals surface area contributed by atoms with E-state index < -0.39 is 0 Å². The predicted molar refractivity (Wildman–Crippen MR) is 106 cm³/mol. The Morgan fingerprint density at radius 3 is 2.62 bits per heavy atom. The molecule has 1 fully saturated rings. The first-order chi connectivity index (χ1) is 12.2. The monoisotopic (exact) mass is 374 g/mol. The number of amides is 1. The quantitative estimate of drug-likeness (QED) is 0.879. The lowest BCUT2D eigenvalue weighted by Crippen LogP contribution is -2.35. The molecule has 0 bridgehead atoms. The van der Waals surface area contributed by atoms with Gasteiger partial charge in [-0.15, -0.1) is 12.4 Å². The Labute approximate surface area is 161 Å². The second-order valence-corrected chi connectivity index (χ2v) is 7.12. The minimum atomic E-state index is 0. The minimum Gasteiger partial charge on any atom is -0.336 e. The number of carbonyl (C=O) groups excluding carboxylic acids is 1. The smallest absolute Gasteiger partial charge is 0.274 e. The van der Waals surface area contributed by atoms with Gasteiger partial charge in [-0.05, 0) is 57.7 Å². The van der Waals surface area contributed by atoms with Crippen molar-refractivity contribution >= 4 is 18.3 Å². The molecule has 1 aromatic heterocycles. The van der Waals surface area contributed by atoms with Gasteiger partial charge in [0.2, 0.25) is 0 Å². The van der Waals surface area contributed by atoms with E-state index >= 15 is 0 Å². The topological polar surface area (TPSA) is 50.2 Å². The van der Waals surface area contributed by atoms with E-state index in [1.54, 1.807) is 0 Å². The van der Waals surface area contributed by atoms with Gasteiger partial charge in [0.1, 0.15) is 0 Å². The Hall–Kier alpha value is -1.85. The largest absolute Gasteiger partial charge is 0.336 e. The van der Waals surface area contributed by atoms with Crippen molar-refractivity contribution in [1.82, 2.24) is 20.0 Å². The molecule has 6 heteroatoms. The summed E-state index contributed by atoms with van der Waals surface area (Å²) < 4.78 is 2.01. The number of nitrogens with one attached hydrogen (secondary N) is 1. The van der Waals surface area contributed by atoms with Crippen LogP contribution in [0.3, 0.4) is 0 Å². The summed E-state index contributed by atoms with van der Waals surface area (Å²) in [6.07, 6.45) is 5.30. The number of halogens is 1. The van der Waals surface area contributed by atoms with E-state index in [4.69, 9.17) is 5.10 Å². The van der Waals surface area contributed by atoms with Crippen LogP contribution >= 0.6 is 12.4 Å². The molecule has 0 radical (unpaired) electrons. The molecular formula is C20H27ClN4O. The molecule has 2 aliphatic rings. The van der Waals surface area contributed by atoms with E-state index in [0.717, 1.165) is 57.5 Å². The first-order valence-corrected chi connectivity index (χ1v) is 9.42. The summed E-state index contributed by atoms with van der Waals surface area (Å²) in [6, 6.07) is 8.41. The Balaban J connectivity index is 0.00000196. The van der Waals surface area contributed by atoms with Crippen LogP contribution < -0.4 is 5.32 Å². The van der Waals surface area contributed by atoms with Crippen LogP contribution in [0.15, 0.2) is 24.3 Å². The lowest BCUT2D eigenvalue weighted by molar-refractivity contribution is 0.0759. The highest BCUT2D eigenvalue weighted by atomic mass is 35.5. The van der Waals surface area contributed by atoms with Crippen molar-refractivity contribution in [3.63, 3.8) is 0 Å². The van der Waals surface area contributed by atoms with E-state index in [9.17, 15) is 4.79 Å². The summed E-state index contributed by atoms with van der Waals surface area (Å²) in [4.78, 5) is 15.1. The van der Waals surface area contributed by atoms with Gasteiger partial charge >= 0.3 is 0 Å². The zero-order valence-corrected chi connectivity index (χ0v) is 16.1. The van der Waals surface area contributed by atoms with Crippen molar-refractivity contribution in [3.05, 3.63) is 46.8 Å². The SMILES string of the molecule is Cc1ccc(-n2nc(C(=O)N3CCCNCC3)c3c2CCCC3)cc1.Cl. The molecule has 1 aliphatic carbocycles. The van der Waals surface area contributed by atoms with Crippen LogP contribution in [-0.2, 0) is 12.8 Å². The molecule has 0 saturated carbocycles. The average molecular weight is 375 g/mol. The van der Waals surface area contributed by atoms with E-state index in [2.05, 4.69) is 36.5 Å². The van der Waals surface area contributed by atoms with Crippen molar-refractivity contribution in [2.24, 2.45) is 0 Å². The molecule has 2 heterocycles. The molecule has 5 nitrogen and oxygen atoms in total. The molecule has 0 spiro atoms. The van der Waals surface area contributed by atoms with Crippen molar-refractivity contribution in [2.45, 2.75) is 39.0 Å². The van der Waals surface area contributed by atoms with Gasteiger partial charge in [-0.25, -0.2) is 4.68 Å². The molecule has 1 aromatic carbocycles. The number of nitrogens with zero attached hydrogens (tertiary/aromatic N) is 3. The Morgan fingerprint density at radius 1 is 1.04 bits per heavy atom. The third-order valence-corrected chi connectivity index (χ3v) is 5.29. The zero-order valence-electron chi connectivity index (χ0n) is 15.3. The van der Waals surface area contributed by atoms with Crippen LogP contribution in [0.5, 0.6) is 0 Å². The average Bonchev–Trinajstić information content (AvgIpc) is 2.82. The van der Waals surface area contributed by atoms with E-state index in [1.807, 2.05) is 9.58 Å². The molecular weight excluding hydrogens is 348 g/mol. The first-order valence-electron chi connectivity index (χ1n) is 9.42. The lowest BCUT2D eigenvalue weighted by atomic mass is 9.95. The highest BCUT2D eigenvalue weighted by Gasteiger charge is 2.28. The number of aryl methyl sites for hydroxylation is 1. The van der Waals surface area contributed by atoms with E-state index in [-0.39, 0.29) is 18.3 Å². The van der Waals surface area contributed by atoms with Crippen molar-refractivity contribution in [1.29, 1.82) is 0 Å². The molecule has 140 valence electrons. The fourth-order valence-corrected chi connectivity index (χ4v) is 3.87. The summed E-state index contributed by atoms with van der Waals surface area (Å²) in [7, 11) is 0. The van der Waals surface area contributed by atoms with Crippen molar-refractivity contribution in [2.75, 3.05) is 26.2 Å². The number of benzene rings is 1. The summed E-state index contributed by atoms with van der Waals surface area (Å²) in [5, 5.41) is 8.17. The fourth-order valence-electron chi connectivity index (χ4n) is 3.87. The van der Waals surface area contributed by atoms with Gasteiger partial charge in [0.15, 0.2) is 5.69 Å². The molecule has 1 aliphatic heterocycles. The van der Waals surface area contributed by atoms with Crippen LogP contribution in [-0.4, -0.2) is 46.8 Å². The lowest BCUT2D eigenvalue weighted by Gasteiger charge is -2.20. The van der Waals surface area contributed by atoms with Gasteiger partial charge in [-0.1, -0.05) is 17.7 Å². The maximum absolute atomic E-state index is 13.1. The van der Waals surface area contributed by atoms with Crippen LogP contribution in [0.25, 0.3) is 5.69 Å². The summed E-state index contributed by atoms with van der Waals surface area (Å²) >= 11 is 0. The number of rotatable bonds is 2. The molecule has 1 saturated heterocycles. The van der Waals surface area contributed by atoms with Gasteiger partial charge in [0.05, 0.1) is 5.69 Å². The Morgan fingerprint density at radius 2 is 1.81 bits per heavy atom. The second-order valence-electron chi connectivity index (χ2n) is 7.12. The number of carbonyl (C=O) groups is 1. The maximum Gasteiger partial charge on any atom is 0.274 e. The third-order valence-electron chi connectivity index (χ3n) is 5.29. The third kappa shape index (κ3) is 3.64. The predicted octanol–water partition coefficient (Wildman–Crippen LogP) is 2.92. The minimum absolute atomic E-state index is 0. The van der Waals surface area contributed by atoms with Gasteiger partial charge < -0.3 is 10.2 Å². The van der Waals surface area contributed by atoms with Crippen molar-refractivity contribution < 1.29 is 4.79 Å². The van der Waals surface area contributed by atoms with Crippen LogP contribution in [0, 0.1) is 6.92 Å². The highest BCUT2D eigenvalue weighted by molar-refractivity contribution is 5.94. The summed E-state index contributed by atoms with van der Waals surface area (Å²) in [5.74, 6) is 0.104. The molecule has 1 N–H and O–H groups in total. The first kappa shape index (κ1) is 18.9. The molecule has 4 rings (SSSR count). The second kappa shape index (κ2) is 8.23. The number of hydrogen-bond acceptors (Lipinski definition) is 3. The normalized spacial score (nSPS) is 17.2. The number of aromatic nitrogens is 2. The van der Waals surface area contributed by atoms with Crippen LogP contribution in [0.4, 0.5) is 0 Å². The molecule has 0 unspecified atom stereocenters. The fraction of sp³-hybridized carbons (Fsp3) is 0.500. The summed E-state index contributed by atoms with van der Waals surface area (Å²) in [6.45, 7) is 5.53. The van der Waals surface area contributed by atoms with E-state index in [1.165, 1.54) is 23.2 Å². The molecule has 1 amide bonds. The molecule has 0 atom stereocenters. The van der Waals surface area contributed by atoms with Gasteiger partial charge in [-0.3, -0.25) is 4.79 Å². The number of fused-ring (bicyclic) bond motifs is 1. The zero-order chi connectivity index (χ0) is 17.2. The Kier molecular flexibility index (Phi) is 5.99. The van der Waals surface area contributed by atoms with Gasteiger partial charge in [-0.2, -0.15) is 5.10 Å². The summed E-state index contributed by atoms with van der Waals surface area (Å²) in [5.41, 5.74) is 5.37. The van der Waals surface area contributed by atoms with Gasteiger partial charge in [0.25, 0.3) is 5.91 Å². The van der Waals surface area contributed by atoms with Gasteiger partial charge in [0, 0.05) is 30.9 Å². The Bertz CT molecular complexity index is 761. The van der Waals surface area contributed by atoms with Crippen molar-refractivity contribution in [3.8, 4) is 5.69 Å².